The van der Waals surface area contributed by atoms with E-state index in [0.29, 0.717) is 17.9 Å². The Morgan fingerprint density at radius 1 is 0.977 bits per heavy atom. The number of hydrogen-bond donors (Lipinski definition) is 3. The lowest BCUT2D eigenvalue weighted by atomic mass is 10.0. The minimum atomic E-state index is -1.15. The van der Waals surface area contributed by atoms with Crippen LogP contribution in [0.4, 0.5) is 10.6 Å². The largest absolute Gasteiger partial charge is 0.481 e. The molecule has 1 aromatic carbocycles. The number of carbonyl (C=O) groups is 5. The molecule has 1 aliphatic carbocycles. The van der Waals surface area contributed by atoms with E-state index in [1.807, 2.05) is 6.07 Å². The fourth-order valence-electron chi connectivity index (χ4n) is 5.49. The molecule has 2 aliphatic rings. The molecule has 0 radical (unpaired) electrons. The third-order valence-corrected chi connectivity index (χ3v) is 7.88. The van der Waals surface area contributed by atoms with Gasteiger partial charge in [-0.15, -0.1) is 0 Å². The molecule has 2 heterocycles. The highest BCUT2D eigenvalue weighted by molar-refractivity contribution is 5.98. The number of anilines is 1. The van der Waals surface area contributed by atoms with E-state index in [1.54, 1.807) is 31.2 Å². The zero-order valence-corrected chi connectivity index (χ0v) is 25.0. The fraction of sp³-hybridized carbons (Fsp3) is 0.516. The van der Waals surface area contributed by atoms with E-state index in [0.717, 1.165) is 19.3 Å². The molecule has 1 aliphatic heterocycles. The first-order chi connectivity index (χ1) is 21.2. The average molecular weight is 609 g/mol. The number of benzene rings is 1. The van der Waals surface area contributed by atoms with Gasteiger partial charge in [-0.3, -0.25) is 19.2 Å². The van der Waals surface area contributed by atoms with Crippen molar-refractivity contribution >= 4 is 35.6 Å². The monoisotopic (exact) mass is 608 g/mol. The highest BCUT2D eigenvalue weighted by atomic mass is 16.6. The number of carbonyl (C=O) groups excluding carboxylic acids is 4. The summed E-state index contributed by atoms with van der Waals surface area (Å²) in [7, 11) is 0. The summed E-state index contributed by atoms with van der Waals surface area (Å²) in [6.45, 7) is 2.87. The molecule has 3 N–H and O–H groups in total. The molecule has 13 heteroatoms. The lowest BCUT2D eigenvalue weighted by molar-refractivity contribution is -0.138. The Kier molecular flexibility index (Phi) is 11.6. The van der Waals surface area contributed by atoms with Crippen molar-refractivity contribution in [2.75, 3.05) is 38.1 Å². The maximum atomic E-state index is 13.5. The number of carboxylic acid groups (broad SMARTS) is 1. The molecule has 1 saturated heterocycles. The number of ether oxygens (including phenoxy) is 1. The SMILES string of the molecule is CCOC(=O)N1CCN(C(=O)C(CCC(=O)O)NC(=O)c2cc(NC(=O)CCC3CCCC3)nc(-c3ccccc3)n2)CC1. The number of aromatic nitrogens is 2. The van der Waals surface area contributed by atoms with Gasteiger partial charge in [0.2, 0.25) is 11.8 Å². The summed E-state index contributed by atoms with van der Waals surface area (Å²) >= 11 is 0. The molecule has 1 aromatic heterocycles. The molecule has 2 aromatic rings. The van der Waals surface area contributed by atoms with E-state index in [9.17, 15) is 29.1 Å². The third kappa shape index (κ3) is 9.22. The van der Waals surface area contributed by atoms with Crippen molar-refractivity contribution in [3.05, 3.63) is 42.1 Å². The minimum Gasteiger partial charge on any atom is -0.481 e. The predicted molar refractivity (Wildman–Crippen MR) is 161 cm³/mol. The van der Waals surface area contributed by atoms with Gasteiger partial charge in [0.15, 0.2) is 5.82 Å². The molecule has 44 heavy (non-hydrogen) atoms. The highest BCUT2D eigenvalue weighted by Gasteiger charge is 2.31. The third-order valence-electron chi connectivity index (χ3n) is 7.88. The Bertz CT molecular complexity index is 1320. The van der Waals surface area contributed by atoms with Crippen LogP contribution < -0.4 is 10.6 Å². The molecule has 1 saturated carbocycles. The zero-order valence-electron chi connectivity index (χ0n) is 25.0. The molecule has 1 atom stereocenters. The minimum absolute atomic E-state index is 0.0785. The normalized spacial score (nSPS) is 15.8. The number of rotatable bonds is 12. The second kappa shape index (κ2) is 15.8. The first-order valence-electron chi connectivity index (χ1n) is 15.2. The smallest absolute Gasteiger partial charge is 0.409 e. The van der Waals surface area contributed by atoms with Gasteiger partial charge >= 0.3 is 12.1 Å². The van der Waals surface area contributed by atoms with Crippen molar-refractivity contribution in [1.82, 2.24) is 25.1 Å². The van der Waals surface area contributed by atoms with E-state index in [-0.39, 0.29) is 68.9 Å². The van der Waals surface area contributed by atoms with Gasteiger partial charge in [0.1, 0.15) is 17.6 Å². The molecular formula is C31H40N6O7. The van der Waals surface area contributed by atoms with Gasteiger partial charge in [-0.2, -0.15) is 0 Å². The second-order valence-corrected chi connectivity index (χ2v) is 11.0. The van der Waals surface area contributed by atoms with Crippen molar-refractivity contribution in [2.45, 2.75) is 64.3 Å². The van der Waals surface area contributed by atoms with Crippen LogP contribution in [-0.2, 0) is 19.1 Å². The highest BCUT2D eigenvalue weighted by Crippen LogP contribution is 2.28. The standard InChI is InChI=1S/C31H40N6O7/c1-2-44-31(43)37-18-16-36(17-19-37)30(42)23(13-15-27(39)40)33-29(41)24-20-25(34-26(38)14-12-21-8-6-7-9-21)35-28(32-24)22-10-4-3-5-11-22/h3-5,10-11,20-21,23H,2,6-9,12-19H2,1H3,(H,33,41)(H,39,40)(H,32,34,35,38). The lowest BCUT2D eigenvalue weighted by Gasteiger charge is -2.35. The van der Waals surface area contributed by atoms with Gasteiger partial charge in [-0.1, -0.05) is 56.0 Å². The topological polar surface area (TPSA) is 171 Å². The summed E-state index contributed by atoms with van der Waals surface area (Å²) < 4.78 is 5.03. The number of carboxylic acids is 1. The van der Waals surface area contributed by atoms with Gasteiger partial charge in [0.25, 0.3) is 5.91 Å². The molecule has 0 spiro atoms. The van der Waals surface area contributed by atoms with Crippen LogP contribution >= 0.6 is 0 Å². The Labute approximate surface area is 256 Å². The van der Waals surface area contributed by atoms with Crippen LogP contribution in [0.3, 0.4) is 0 Å². The van der Waals surface area contributed by atoms with E-state index < -0.39 is 29.9 Å². The van der Waals surface area contributed by atoms with Crippen LogP contribution in [0.1, 0.15) is 68.8 Å². The Balaban J connectivity index is 1.50. The molecule has 1 unspecified atom stereocenters. The summed E-state index contributed by atoms with van der Waals surface area (Å²) in [4.78, 5) is 75.0. The second-order valence-electron chi connectivity index (χ2n) is 11.0. The van der Waals surface area contributed by atoms with Crippen molar-refractivity contribution in [2.24, 2.45) is 5.92 Å². The van der Waals surface area contributed by atoms with Crippen LogP contribution in [0.2, 0.25) is 0 Å². The average Bonchev–Trinajstić information content (AvgIpc) is 3.56. The number of nitrogens with zero attached hydrogens (tertiary/aromatic N) is 4. The molecular weight excluding hydrogens is 568 g/mol. The summed E-state index contributed by atoms with van der Waals surface area (Å²) in [5.74, 6) is -1.57. The Morgan fingerprint density at radius 2 is 1.66 bits per heavy atom. The van der Waals surface area contributed by atoms with E-state index in [2.05, 4.69) is 20.6 Å². The van der Waals surface area contributed by atoms with Crippen molar-refractivity contribution in [3.63, 3.8) is 0 Å². The Hall–Kier alpha value is -4.55. The van der Waals surface area contributed by atoms with Gasteiger partial charge in [-0.25, -0.2) is 14.8 Å². The number of hydrogen-bond acceptors (Lipinski definition) is 8. The van der Waals surface area contributed by atoms with Crippen LogP contribution in [-0.4, -0.2) is 93.5 Å². The van der Waals surface area contributed by atoms with E-state index >= 15 is 0 Å². The number of aliphatic carboxylic acids is 1. The van der Waals surface area contributed by atoms with E-state index in [1.165, 1.54) is 28.7 Å². The molecule has 4 rings (SSSR count). The van der Waals surface area contributed by atoms with Gasteiger partial charge in [-0.05, 0) is 25.7 Å². The lowest BCUT2D eigenvalue weighted by Crippen LogP contribution is -2.56. The maximum absolute atomic E-state index is 13.5. The summed E-state index contributed by atoms with van der Waals surface area (Å²) in [5.41, 5.74) is 0.548. The van der Waals surface area contributed by atoms with E-state index in [4.69, 9.17) is 4.74 Å². The number of nitrogens with one attached hydrogen (secondary N) is 2. The number of amides is 4. The van der Waals surface area contributed by atoms with Gasteiger partial charge in [0.05, 0.1) is 6.61 Å². The van der Waals surface area contributed by atoms with Crippen LogP contribution in [0.25, 0.3) is 11.4 Å². The molecule has 4 amide bonds. The van der Waals surface area contributed by atoms with Crippen molar-refractivity contribution in [3.8, 4) is 11.4 Å². The van der Waals surface area contributed by atoms with Crippen LogP contribution in [0.15, 0.2) is 36.4 Å². The summed E-state index contributed by atoms with van der Waals surface area (Å²) in [5, 5.41) is 14.7. The van der Waals surface area contributed by atoms with Gasteiger partial charge in [0, 0.05) is 50.7 Å². The molecule has 2 fully saturated rings. The molecule has 0 bridgehead atoms. The van der Waals surface area contributed by atoms with Crippen molar-refractivity contribution in [1.29, 1.82) is 0 Å². The fourth-order valence-corrected chi connectivity index (χ4v) is 5.49. The molecule has 13 nitrogen and oxygen atoms in total. The summed E-state index contributed by atoms with van der Waals surface area (Å²) in [6.07, 6.45) is 4.82. The maximum Gasteiger partial charge on any atom is 0.409 e. The van der Waals surface area contributed by atoms with Gasteiger partial charge < -0.3 is 30.3 Å². The molecule has 236 valence electrons. The Morgan fingerprint density at radius 3 is 2.32 bits per heavy atom. The predicted octanol–water partition coefficient (Wildman–Crippen LogP) is 3.32. The number of piperazine rings is 1. The first kappa shape index (κ1) is 32.4. The van der Waals surface area contributed by atoms with Crippen LogP contribution in [0, 0.1) is 5.92 Å². The zero-order chi connectivity index (χ0) is 31.5. The van der Waals surface area contributed by atoms with Crippen molar-refractivity contribution < 1.29 is 33.8 Å². The first-order valence-corrected chi connectivity index (χ1v) is 15.2. The summed E-state index contributed by atoms with van der Waals surface area (Å²) in [6, 6.07) is 9.19. The quantitative estimate of drug-likeness (QED) is 0.327. The van der Waals surface area contributed by atoms with Crippen LogP contribution in [0.5, 0.6) is 0 Å².